The molecule has 104 valence electrons. The molecule has 1 rings (SSSR count). The number of hydrogen-bond acceptors (Lipinski definition) is 4. The molecule has 1 aromatic rings. The van der Waals surface area contributed by atoms with Crippen LogP contribution < -0.4 is 5.32 Å². The van der Waals surface area contributed by atoms with Gasteiger partial charge in [-0.2, -0.15) is 0 Å². The van der Waals surface area contributed by atoms with Crippen molar-refractivity contribution in [3.8, 4) is 0 Å². The van der Waals surface area contributed by atoms with Gasteiger partial charge in [0.15, 0.2) is 9.84 Å². The molecule has 0 aliphatic carbocycles. The minimum atomic E-state index is -3.33. The zero-order valence-corrected chi connectivity index (χ0v) is 11.2. The molecule has 0 aliphatic rings. The fraction of sp³-hybridized carbons (Fsp3) is 0.333. The van der Waals surface area contributed by atoms with Gasteiger partial charge in [-0.15, -0.1) is 0 Å². The van der Waals surface area contributed by atoms with E-state index in [2.05, 4.69) is 5.32 Å². The lowest BCUT2D eigenvalue weighted by molar-refractivity contribution is -0.118. The van der Waals surface area contributed by atoms with E-state index in [-0.39, 0.29) is 17.9 Å². The quantitative estimate of drug-likeness (QED) is 0.789. The molecule has 1 aromatic carbocycles. The van der Waals surface area contributed by atoms with Gasteiger partial charge in [0.05, 0.1) is 5.56 Å². The number of rotatable bonds is 6. The number of amides is 1. The van der Waals surface area contributed by atoms with Crippen LogP contribution in [0.25, 0.3) is 0 Å². The number of carbonyl (C=O) groups excluding carboxylic acids is 1. The highest BCUT2D eigenvalue weighted by Gasteiger charge is 2.13. The van der Waals surface area contributed by atoms with Gasteiger partial charge in [-0.05, 0) is 17.7 Å². The van der Waals surface area contributed by atoms with E-state index < -0.39 is 27.5 Å². The Kier molecular flexibility index (Phi) is 5.05. The van der Waals surface area contributed by atoms with Crippen LogP contribution in [0, 0.1) is 0 Å². The number of carbonyl (C=O) groups is 2. The molecule has 0 fully saturated rings. The van der Waals surface area contributed by atoms with Gasteiger partial charge in [-0.3, -0.25) is 4.79 Å². The molecular weight excluding hydrogens is 270 g/mol. The lowest BCUT2D eigenvalue weighted by atomic mass is 10.1. The Labute approximate surface area is 111 Å². The molecule has 0 aromatic heterocycles. The summed E-state index contributed by atoms with van der Waals surface area (Å²) >= 11 is 0. The highest BCUT2D eigenvalue weighted by Crippen LogP contribution is 2.04. The maximum Gasteiger partial charge on any atom is 0.335 e. The van der Waals surface area contributed by atoms with Crippen molar-refractivity contribution in [2.75, 3.05) is 11.5 Å². The molecule has 0 heterocycles. The Morgan fingerprint density at radius 2 is 1.79 bits per heavy atom. The van der Waals surface area contributed by atoms with Crippen LogP contribution in [0.4, 0.5) is 0 Å². The third-order valence-corrected chi connectivity index (χ3v) is 4.06. The molecule has 0 saturated carbocycles. The summed E-state index contributed by atoms with van der Waals surface area (Å²) in [7, 11) is -3.33. The number of benzene rings is 1. The molecule has 19 heavy (non-hydrogen) atoms. The second-order valence-electron chi connectivity index (χ2n) is 3.96. The van der Waals surface area contributed by atoms with Crippen LogP contribution in [-0.4, -0.2) is 36.9 Å². The minimum Gasteiger partial charge on any atom is -0.478 e. The summed E-state index contributed by atoms with van der Waals surface area (Å²) in [4.78, 5) is 22.0. The fourth-order valence-corrected chi connectivity index (χ4v) is 2.02. The van der Waals surface area contributed by atoms with Crippen LogP contribution in [-0.2, 0) is 21.2 Å². The molecule has 7 heteroatoms. The summed E-state index contributed by atoms with van der Waals surface area (Å²) in [5.41, 5.74) is 0.857. The lowest BCUT2D eigenvalue weighted by Gasteiger charge is -2.05. The van der Waals surface area contributed by atoms with Gasteiger partial charge in [0, 0.05) is 12.3 Å². The van der Waals surface area contributed by atoms with E-state index >= 15 is 0 Å². The molecule has 0 spiro atoms. The molecule has 0 aliphatic heterocycles. The van der Waals surface area contributed by atoms with Crippen molar-refractivity contribution in [3.63, 3.8) is 0 Å². The zero-order chi connectivity index (χ0) is 14.5. The van der Waals surface area contributed by atoms with Crippen molar-refractivity contribution in [3.05, 3.63) is 35.4 Å². The summed E-state index contributed by atoms with van der Waals surface area (Å²) in [5.74, 6) is -2.20. The molecule has 1 amide bonds. The minimum absolute atomic E-state index is 0.0757. The van der Waals surface area contributed by atoms with E-state index in [0.717, 1.165) is 0 Å². The van der Waals surface area contributed by atoms with Crippen LogP contribution >= 0.6 is 0 Å². The normalized spacial score (nSPS) is 11.0. The maximum absolute atomic E-state index is 11.4. The summed E-state index contributed by atoms with van der Waals surface area (Å²) < 4.78 is 22.4. The molecular formula is C12H15NO5S. The van der Waals surface area contributed by atoms with Crippen LogP contribution in [0.1, 0.15) is 22.8 Å². The van der Waals surface area contributed by atoms with Crippen molar-refractivity contribution >= 4 is 21.7 Å². The van der Waals surface area contributed by atoms with E-state index in [4.69, 9.17) is 5.11 Å². The van der Waals surface area contributed by atoms with Gasteiger partial charge >= 0.3 is 5.97 Å². The van der Waals surface area contributed by atoms with Gasteiger partial charge in [0.2, 0.25) is 5.91 Å². The topological polar surface area (TPSA) is 101 Å². The number of aromatic carboxylic acids is 1. The van der Waals surface area contributed by atoms with E-state index in [1.807, 2.05) is 0 Å². The second kappa shape index (κ2) is 6.33. The van der Waals surface area contributed by atoms with E-state index in [1.165, 1.54) is 19.1 Å². The number of carboxylic acid groups (broad SMARTS) is 1. The average molecular weight is 285 g/mol. The molecule has 0 radical (unpaired) electrons. The highest BCUT2D eigenvalue weighted by atomic mass is 32.2. The van der Waals surface area contributed by atoms with Crippen molar-refractivity contribution in [2.24, 2.45) is 0 Å². The van der Waals surface area contributed by atoms with Crippen molar-refractivity contribution in [1.29, 1.82) is 0 Å². The SMILES string of the molecule is CCS(=O)(=O)CC(=O)NCc1ccc(C(=O)O)cc1. The molecule has 6 nitrogen and oxygen atoms in total. The van der Waals surface area contributed by atoms with Crippen molar-refractivity contribution in [2.45, 2.75) is 13.5 Å². The lowest BCUT2D eigenvalue weighted by Crippen LogP contribution is -2.30. The number of carboxylic acids is 1. The smallest absolute Gasteiger partial charge is 0.335 e. The third kappa shape index (κ3) is 5.09. The Bertz CT molecular complexity index is 562. The molecule has 0 unspecified atom stereocenters. The monoisotopic (exact) mass is 285 g/mol. The van der Waals surface area contributed by atoms with E-state index in [1.54, 1.807) is 12.1 Å². The fourth-order valence-electron chi connectivity index (χ4n) is 1.32. The van der Waals surface area contributed by atoms with Gasteiger partial charge in [-0.1, -0.05) is 19.1 Å². The highest BCUT2D eigenvalue weighted by molar-refractivity contribution is 7.92. The summed E-state index contributed by atoms with van der Waals surface area (Å²) in [6.45, 7) is 1.64. The van der Waals surface area contributed by atoms with E-state index in [0.29, 0.717) is 5.56 Å². The predicted molar refractivity (Wildman–Crippen MR) is 69.6 cm³/mol. The summed E-state index contributed by atoms with van der Waals surface area (Å²) in [5, 5.41) is 11.2. The standard InChI is InChI=1S/C12H15NO5S/c1-2-19(17,18)8-11(14)13-7-9-3-5-10(6-4-9)12(15)16/h3-6H,2,7-8H2,1H3,(H,13,14)(H,15,16). The number of hydrogen-bond donors (Lipinski definition) is 2. The average Bonchev–Trinajstić information content (AvgIpc) is 2.36. The van der Waals surface area contributed by atoms with Gasteiger partial charge in [-0.25, -0.2) is 13.2 Å². The molecule has 0 atom stereocenters. The Balaban J connectivity index is 2.53. The first kappa shape index (κ1) is 15.2. The van der Waals surface area contributed by atoms with Crippen LogP contribution in [0.3, 0.4) is 0 Å². The Hall–Kier alpha value is -1.89. The van der Waals surface area contributed by atoms with Crippen molar-refractivity contribution in [1.82, 2.24) is 5.32 Å². The maximum atomic E-state index is 11.4. The van der Waals surface area contributed by atoms with Gasteiger partial charge < -0.3 is 10.4 Å². The molecule has 0 bridgehead atoms. The van der Waals surface area contributed by atoms with Gasteiger partial charge in [0.25, 0.3) is 0 Å². The van der Waals surface area contributed by atoms with E-state index in [9.17, 15) is 18.0 Å². The number of sulfone groups is 1. The molecule has 0 saturated heterocycles. The van der Waals surface area contributed by atoms with Crippen LogP contribution in [0.15, 0.2) is 24.3 Å². The first-order valence-electron chi connectivity index (χ1n) is 5.63. The molecule has 2 N–H and O–H groups in total. The predicted octanol–water partition coefficient (Wildman–Crippen LogP) is 0.436. The third-order valence-electron chi connectivity index (χ3n) is 2.48. The number of nitrogens with one attached hydrogen (secondary N) is 1. The summed E-state index contributed by atoms with van der Waals surface area (Å²) in [6.07, 6.45) is 0. The Morgan fingerprint density at radius 3 is 2.26 bits per heavy atom. The zero-order valence-electron chi connectivity index (χ0n) is 10.4. The largest absolute Gasteiger partial charge is 0.478 e. The first-order valence-corrected chi connectivity index (χ1v) is 7.45. The van der Waals surface area contributed by atoms with Crippen molar-refractivity contribution < 1.29 is 23.1 Å². The Morgan fingerprint density at radius 1 is 1.21 bits per heavy atom. The van der Waals surface area contributed by atoms with Crippen LogP contribution in [0.2, 0.25) is 0 Å². The van der Waals surface area contributed by atoms with Gasteiger partial charge in [0.1, 0.15) is 5.75 Å². The second-order valence-corrected chi connectivity index (χ2v) is 6.31. The van der Waals surface area contributed by atoms with Crippen LogP contribution in [0.5, 0.6) is 0 Å². The first-order chi connectivity index (χ1) is 8.84. The summed E-state index contributed by atoms with van der Waals surface area (Å²) in [6, 6.07) is 5.98.